The number of rotatable bonds is 3. The highest BCUT2D eigenvalue weighted by Crippen LogP contribution is 2.61. The van der Waals surface area contributed by atoms with Gasteiger partial charge >= 0.3 is 0 Å². The van der Waals surface area contributed by atoms with Crippen LogP contribution in [-0.4, -0.2) is 37.7 Å². The first-order chi connectivity index (χ1) is 16.7. The van der Waals surface area contributed by atoms with Gasteiger partial charge < -0.3 is 0 Å². The summed E-state index contributed by atoms with van der Waals surface area (Å²) in [7, 11) is -3.28. The summed E-state index contributed by atoms with van der Waals surface area (Å²) in [6, 6.07) is 27.7. The monoisotopic (exact) mass is 469 g/mol. The maximum atomic E-state index is 14.2. The van der Waals surface area contributed by atoms with Crippen molar-refractivity contribution in [1.82, 2.24) is 4.90 Å². The number of piperidine rings is 1. The van der Waals surface area contributed by atoms with Gasteiger partial charge in [0.15, 0.2) is 9.84 Å². The Kier molecular flexibility index (Phi) is 4.79. The molecule has 3 aromatic carbocycles. The fourth-order valence-corrected chi connectivity index (χ4v) is 10.6. The zero-order valence-electron chi connectivity index (χ0n) is 19.4. The molecule has 0 saturated carbocycles. The van der Waals surface area contributed by atoms with Crippen LogP contribution >= 0.6 is 0 Å². The lowest BCUT2D eigenvalue weighted by Crippen LogP contribution is -2.66. The molecule has 5 aliphatic rings. The Labute approximate surface area is 202 Å². The van der Waals surface area contributed by atoms with Gasteiger partial charge in [-0.3, -0.25) is 4.90 Å². The summed E-state index contributed by atoms with van der Waals surface area (Å²) in [5.41, 5.74) is 6.51. The second-order valence-corrected chi connectivity index (χ2v) is 12.9. The Morgan fingerprint density at radius 1 is 0.676 bits per heavy atom. The van der Waals surface area contributed by atoms with Gasteiger partial charge in [0.1, 0.15) is 5.25 Å². The van der Waals surface area contributed by atoms with Gasteiger partial charge in [0.25, 0.3) is 0 Å². The first kappa shape index (κ1) is 20.9. The number of hydrogen-bond donors (Lipinski definition) is 0. The lowest BCUT2D eigenvalue weighted by atomic mass is 9.57. The van der Waals surface area contributed by atoms with Crippen LogP contribution in [0, 0.1) is 5.92 Å². The van der Waals surface area contributed by atoms with Gasteiger partial charge in [0.05, 0.1) is 5.25 Å². The Morgan fingerprint density at radius 2 is 1.24 bits per heavy atom. The molecule has 174 valence electrons. The van der Waals surface area contributed by atoms with Crippen molar-refractivity contribution in [2.75, 3.05) is 13.1 Å². The largest absolute Gasteiger partial charge is 0.297 e. The third-order valence-electron chi connectivity index (χ3n) is 9.09. The number of hydrogen-bond acceptors (Lipinski definition) is 3. The molecule has 2 fully saturated rings. The fourth-order valence-electron chi connectivity index (χ4n) is 7.79. The molecule has 2 heterocycles. The van der Waals surface area contributed by atoms with E-state index in [0.29, 0.717) is 5.92 Å². The maximum absolute atomic E-state index is 14.2. The Hall–Kier alpha value is -2.43. The highest BCUT2D eigenvalue weighted by molar-refractivity contribution is 7.93. The molecular formula is C30H31NO2S. The summed E-state index contributed by atoms with van der Waals surface area (Å²) in [5.74, 6) is 0.600. The molecular weight excluding hydrogens is 438 g/mol. The predicted octanol–water partition coefficient (Wildman–Crippen LogP) is 5.68. The molecule has 0 unspecified atom stereocenters. The van der Waals surface area contributed by atoms with Crippen molar-refractivity contribution in [1.29, 1.82) is 0 Å². The summed E-state index contributed by atoms with van der Waals surface area (Å²) in [4.78, 5) is 2.53. The Bertz CT molecular complexity index is 1280. The van der Waals surface area contributed by atoms with E-state index in [-0.39, 0.29) is 23.1 Å². The quantitative estimate of drug-likeness (QED) is 0.496. The molecule has 2 aliphatic heterocycles. The van der Waals surface area contributed by atoms with Crippen molar-refractivity contribution in [3.05, 3.63) is 107 Å². The molecule has 3 nitrogen and oxygen atoms in total. The molecule has 3 aliphatic carbocycles. The highest BCUT2D eigenvalue weighted by atomic mass is 32.2. The van der Waals surface area contributed by atoms with E-state index in [0.717, 1.165) is 25.1 Å². The molecule has 4 heteroatoms. The van der Waals surface area contributed by atoms with Crippen molar-refractivity contribution in [3.8, 4) is 0 Å². The van der Waals surface area contributed by atoms with Crippen molar-refractivity contribution in [3.63, 3.8) is 0 Å². The van der Waals surface area contributed by atoms with E-state index in [2.05, 4.69) is 53.4 Å². The molecule has 4 atom stereocenters. The predicted molar refractivity (Wildman–Crippen MR) is 136 cm³/mol. The molecule has 0 radical (unpaired) electrons. The molecule has 0 spiro atoms. The fraction of sp³-hybridized carbons (Fsp3) is 0.400. The number of benzene rings is 3. The van der Waals surface area contributed by atoms with E-state index in [1.165, 1.54) is 41.5 Å². The summed E-state index contributed by atoms with van der Waals surface area (Å²) in [6.07, 6.45) is 4.54. The van der Waals surface area contributed by atoms with Crippen LogP contribution in [0.4, 0.5) is 0 Å². The molecule has 8 rings (SSSR count). The van der Waals surface area contributed by atoms with Gasteiger partial charge in [-0.15, -0.1) is 0 Å². The van der Waals surface area contributed by atoms with Crippen LogP contribution < -0.4 is 0 Å². The van der Waals surface area contributed by atoms with Crippen LogP contribution in [0.1, 0.15) is 70.6 Å². The molecule has 0 aromatic heterocycles. The first-order valence-corrected chi connectivity index (χ1v) is 14.5. The second-order valence-electron chi connectivity index (χ2n) is 10.7. The third kappa shape index (κ3) is 2.88. The van der Waals surface area contributed by atoms with Gasteiger partial charge in [-0.1, -0.05) is 85.3 Å². The second kappa shape index (κ2) is 7.79. The van der Waals surface area contributed by atoms with Crippen LogP contribution in [0.25, 0.3) is 0 Å². The summed E-state index contributed by atoms with van der Waals surface area (Å²) in [5, 5.41) is -0.701. The van der Waals surface area contributed by atoms with Crippen LogP contribution in [0.3, 0.4) is 0 Å². The van der Waals surface area contributed by atoms with E-state index >= 15 is 0 Å². The standard InChI is InChI=1S/C30H31NO2S/c32-34(33)29(20-11-3-1-4-12-20)28(31-17-9-2-10-18-31)30(34)26-19-25-21-13-5-7-15-23(21)27(26)24-16-8-6-14-22(24)25/h1,3-8,11-16,25-30H,2,9-10,17-19H2/t25?,26-,27?,28+,29-,30+/m1/s1. The molecule has 0 N–H and O–H groups in total. The zero-order valence-corrected chi connectivity index (χ0v) is 20.2. The molecule has 0 amide bonds. The Morgan fingerprint density at radius 3 is 1.85 bits per heavy atom. The van der Waals surface area contributed by atoms with Crippen LogP contribution in [0.5, 0.6) is 0 Å². The minimum atomic E-state index is -3.28. The van der Waals surface area contributed by atoms with Crippen LogP contribution in [0.15, 0.2) is 78.9 Å². The Balaban J connectivity index is 1.36. The minimum absolute atomic E-state index is 0.0800. The van der Waals surface area contributed by atoms with E-state index in [1.807, 2.05) is 30.3 Å². The maximum Gasteiger partial charge on any atom is 0.163 e. The molecule has 2 bridgehead atoms. The van der Waals surface area contributed by atoms with Gasteiger partial charge in [-0.25, -0.2) is 8.42 Å². The van der Waals surface area contributed by atoms with E-state index in [9.17, 15) is 8.42 Å². The van der Waals surface area contributed by atoms with Crippen molar-refractivity contribution >= 4 is 9.84 Å². The number of fused-ring (bicyclic) bond motifs is 1. The summed E-state index contributed by atoms with van der Waals surface area (Å²) >= 11 is 0. The van der Waals surface area contributed by atoms with E-state index in [4.69, 9.17) is 0 Å². The van der Waals surface area contributed by atoms with E-state index in [1.54, 1.807) is 0 Å². The van der Waals surface area contributed by atoms with Gasteiger partial charge in [-0.2, -0.15) is 0 Å². The van der Waals surface area contributed by atoms with Crippen molar-refractivity contribution < 1.29 is 8.42 Å². The normalized spacial score (nSPS) is 33.5. The number of nitrogens with zero attached hydrogens (tertiary/aromatic N) is 1. The molecule has 2 saturated heterocycles. The van der Waals surface area contributed by atoms with E-state index < -0.39 is 15.1 Å². The van der Waals surface area contributed by atoms with Gasteiger partial charge in [0.2, 0.25) is 0 Å². The lowest BCUT2D eigenvalue weighted by molar-refractivity contribution is 0.109. The number of likely N-dealkylation sites (tertiary alicyclic amines) is 1. The first-order valence-electron chi connectivity index (χ1n) is 12.9. The SMILES string of the molecule is O=S1(=O)[C@@H]([C@@H]2CC3c4ccccc4C2c2ccccc23)[C@@H](N2CCCCC2)[C@H]1c1ccccc1. The zero-order chi connectivity index (χ0) is 22.9. The van der Waals surface area contributed by atoms with Gasteiger partial charge in [0, 0.05) is 17.9 Å². The highest BCUT2D eigenvalue weighted by Gasteiger charge is 2.64. The number of sulfone groups is 1. The topological polar surface area (TPSA) is 37.4 Å². The van der Waals surface area contributed by atoms with Crippen LogP contribution in [0.2, 0.25) is 0 Å². The molecule has 3 aromatic rings. The van der Waals surface area contributed by atoms with Crippen molar-refractivity contribution in [2.24, 2.45) is 5.92 Å². The average molecular weight is 470 g/mol. The minimum Gasteiger partial charge on any atom is -0.297 e. The average Bonchev–Trinajstić information content (AvgIpc) is 2.89. The summed E-state index contributed by atoms with van der Waals surface area (Å²) in [6.45, 7) is 2.04. The van der Waals surface area contributed by atoms with Crippen LogP contribution in [-0.2, 0) is 9.84 Å². The third-order valence-corrected chi connectivity index (χ3v) is 11.7. The van der Waals surface area contributed by atoms with Gasteiger partial charge in [-0.05, 0) is 66.1 Å². The summed E-state index contributed by atoms with van der Waals surface area (Å²) < 4.78 is 28.4. The smallest absolute Gasteiger partial charge is 0.163 e. The molecule has 34 heavy (non-hydrogen) atoms. The van der Waals surface area contributed by atoms with Crippen molar-refractivity contribution in [2.45, 2.75) is 54.1 Å². The lowest BCUT2D eigenvalue weighted by Gasteiger charge is -2.57.